The van der Waals surface area contributed by atoms with Crippen molar-refractivity contribution in [3.63, 3.8) is 0 Å². The molecule has 1 aliphatic heterocycles. The van der Waals surface area contributed by atoms with Gasteiger partial charge in [0, 0.05) is 29.8 Å². The summed E-state index contributed by atoms with van der Waals surface area (Å²) >= 11 is 5.95. The number of anilines is 1. The fraction of sp³-hybridized carbons (Fsp3) is 0.500. The molecule has 0 saturated carbocycles. The van der Waals surface area contributed by atoms with Gasteiger partial charge in [0.15, 0.2) is 0 Å². The highest BCUT2D eigenvalue weighted by Gasteiger charge is 2.21. The van der Waals surface area contributed by atoms with Crippen LogP contribution in [-0.4, -0.2) is 26.2 Å². The van der Waals surface area contributed by atoms with Gasteiger partial charge in [-0.3, -0.25) is 0 Å². The number of hydrogen-bond acceptors (Lipinski definition) is 2. The SMILES string of the molecule is CN[C@@H]1CCN(c2ccc(Cl)cc2C)C1. The Balaban J connectivity index is 2.17. The molecule has 0 amide bonds. The Labute approximate surface area is 96.2 Å². The molecule has 82 valence electrons. The molecule has 0 aromatic heterocycles. The van der Waals surface area contributed by atoms with E-state index < -0.39 is 0 Å². The van der Waals surface area contributed by atoms with Crippen molar-refractivity contribution >= 4 is 17.3 Å². The van der Waals surface area contributed by atoms with E-state index in [0.29, 0.717) is 6.04 Å². The van der Waals surface area contributed by atoms with Gasteiger partial charge in [-0.05, 0) is 44.2 Å². The summed E-state index contributed by atoms with van der Waals surface area (Å²) in [6.45, 7) is 4.35. The Morgan fingerprint density at radius 3 is 2.87 bits per heavy atom. The number of likely N-dealkylation sites (N-methyl/N-ethyl adjacent to an activating group) is 1. The van der Waals surface area contributed by atoms with E-state index in [1.165, 1.54) is 17.7 Å². The van der Waals surface area contributed by atoms with Gasteiger partial charge in [-0.2, -0.15) is 0 Å². The molecule has 15 heavy (non-hydrogen) atoms. The number of nitrogens with zero attached hydrogens (tertiary/aromatic N) is 1. The predicted octanol–water partition coefficient (Wildman–Crippen LogP) is 2.45. The van der Waals surface area contributed by atoms with Crippen molar-refractivity contribution in [1.82, 2.24) is 5.32 Å². The van der Waals surface area contributed by atoms with Crippen LogP contribution in [0.15, 0.2) is 18.2 Å². The van der Waals surface area contributed by atoms with Crippen molar-refractivity contribution in [2.45, 2.75) is 19.4 Å². The smallest absolute Gasteiger partial charge is 0.0410 e. The summed E-state index contributed by atoms with van der Waals surface area (Å²) in [5.74, 6) is 0. The maximum Gasteiger partial charge on any atom is 0.0410 e. The Morgan fingerprint density at radius 1 is 1.47 bits per heavy atom. The Hall–Kier alpha value is -0.730. The number of rotatable bonds is 2. The van der Waals surface area contributed by atoms with Gasteiger partial charge in [0.05, 0.1) is 0 Å². The lowest BCUT2D eigenvalue weighted by molar-refractivity contribution is 0.617. The lowest BCUT2D eigenvalue weighted by Crippen LogP contribution is -2.29. The second-order valence-corrected chi connectivity index (χ2v) is 4.59. The molecule has 1 heterocycles. The van der Waals surface area contributed by atoms with Crippen LogP contribution in [0.1, 0.15) is 12.0 Å². The Bertz CT molecular complexity index is 351. The molecular weight excluding hydrogens is 208 g/mol. The summed E-state index contributed by atoms with van der Waals surface area (Å²) in [6.07, 6.45) is 1.22. The van der Waals surface area contributed by atoms with Crippen LogP contribution < -0.4 is 10.2 Å². The van der Waals surface area contributed by atoms with Crippen LogP contribution in [0.25, 0.3) is 0 Å². The van der Waals surface area contributed by atoms with Crippen LogP contribution in [0.2, 0.25) is 5.02 Å². The number of nitrogens with one attached hydrogen (secondary N) is 1. The van der Waals surface area contributed by atoms with Crippen molar-refractivity contribution in [2.75, 3.05) is 25.0 Å². The molecular formula is C12H17ClN2. The van der Waals surface area contributed by atoms with E-state index in [1.54, 1.807) is 0 Å². The normalized spacial score (nSPS) is 21.0. The highest BCUT2D eigenvalue weighted by molar-refractivity contribution is 6.30. The maximum absolute atomic E-state index is 5.95. The van der Waals surface area contributed by atoms with Crippen LogP contribution in [-0.2, 0) is 0 Å². The summed E-state index contributed by atoms with van der Waals surface area (Å²) in [4.78, 5) is 2.42. The Morgan fingerprint density at radius 2 is 2.27 bits per heavy atom. The zero-order chi connectivity index (χ0) is 10.8. The van der Waals surface area contributed by atoms with Crippen LogP contribution in [0.5, 0.6) is 0 Å². The van der Waals surface area contributed by atoms with Gasteiger partial charge in [0.1, 0.15) is 0 Å². The van der Waals surface area contributed by atoms with Crippen molar-refractivity contribution in [2.24, 2.45) is 0 Å². The lowest BCUT2D eigenvalue weighted by Gasteiger charge is -2.21. The number of benzene rings is 1. The van der Waals surface area contributed by atoms with E-state index >= 15 is 0 Å². The fourth-order valence-electron chi connectivity index (χ4n) is 2.19. The van der Waals surface area contributed by atoms with Gasteiger partial charge in [0.2, 0.25) is 0 Å². The number of hydrogen-bond donors (Lipinski definition) is 1. The standard InChI is InChI=1S/C12H17ClN2/c1-9-7-10(13)3-4-12(9)15-6-5-11(8-15)14-2/h3-4,7,11,14H,5-6,8H2,1-2H3/t11-/m1/s1. The molecule has 1 fully saturated rings. The zero-order valence-electron chi connectivity index (χ0n) is 9.26. The van der Waals surface area contributed by atoms with E-state index in [1.807, 2.05) is 19.2 Å². The maximum atomic E-state index is 5.95. The fourth-order valence-corrected chi connectivity index (χ4v) is 2.42. The van der Waals surface area contributed by atoms with Crippen molar-refractivity contribution in [3.8, 4) is 0 Å². The zero-order valence-corrected chi connectivity index (χ0v) is 10.0. The molecule has 3 heteroatoms. The highest BCUT2D eigenvalue weighted by atomic mass is 35.5. The molecule has 0 bridgehead atoms. The molecule has 1 N–H and O–H groups in total. The average molecular weight is 225 g/mol. The molecule has 1 aliphatic rings. The van der Waals surface area contributed by atoms with Gasteiger partial charge >= 0.3 is 0 Å². The van der Waals surface area contributed by atoms with E-state index in [4.69, 9.17) is 11.6 Å². The van der Waals surface area contributed by atoms with Gasteiger partial charge in [-0.1, -0.05) is 11.6 Å². The minimum absolute atomic E-state index is 0.625. The molecule has 1 aromatic carbocycles. The quantitative estimate of drug-likeness (QED) is 0.830. The molecule has 0 radical (unpaired) electrons. The van der Waals surface area contributed by atoms with Gasteiger partial charge in [-0.25, -0.2) is 0 Å². The molecule has 0 aliphatic carbocycles. The van der Waals surface area contributed by atoms with Crippen LogP contribution in [0.4, 0.5) is 5.69 Å². The third kappa shape index (κ3) is 2.27. The number of halogens is 1. The van der Waals surface area contributed by atoms with E-state index in [-0.39, 0.29) is 0 Å². The first-order valence-electron chi connectivity index (χ1n) is 5.39. The second kappa shape index (κ2) is 4.42. The first kappa shape index (κ1) is 10.8. The largest absolute Gasteiger partial charge is 0.370 e. The average Bonchev–Trinajstić information content (AvgIpc) is 2.66. The molecule has 0 spiro atoms. The van der Waals surface area contributed by atoms with Crippen molar-refractivity contribution in [1.29, 1.82) is 0 Å². The highest BCUT2D eigenvalue weighted by Crippen LogP contribution is 2.26. The van der Waals surface area contributed by atoms with E-state index in [0.717, 1.165) is 18.1 Å². The summed E-state index contributed by atoms with van der Waals surface area (Å²) in [7, 11) is 2.03. The third-order valence-corrected chi connectivity index (χ3v) is 3.33. The van der Waals surface area contributed by atoms with Crippen molar-refractivity contribution < 1.29 is 0 Å². The molecule has 0 unspecified atom stereocenters. The third-order valence-electron chi connectivity index (χ3n) is 3.10. The minimum Gasteiger partial charge on any atom is -0.370 e. The van der Waals surface area contributed by atoms with Crippen LogP contribution in [0.3, 0.4) is 0 Å². The van der Waals surface area contributed by atoms with Crippen LogP contribution in [0, 0.1) is 6.92 Å². The molecule has 2 nitrogen and oxygen atoms in total. The Kier molecular flexibility index (Phi) is 3.17. The van der Waals surface area contributed by atoms with Gasteiger partial charge in [-0.15, -0.1) is 0 Å². The van der Waals surface area contributed by atoms with Crippen LogP contribution >= 0.6 is 11.6 Å². The monoisotopic (exact) mass is 224 g/mol. The molecule has 1 saturated heterocycles. The first-order valence-corrected chi connectivity index (χ1v) is 5.77. The lowest BCUT2D eigenvalue weighted by atomic mass is 10.2. The summed E-state index contributed by atoms with van der Waals surface area (Å²) in [5.41, 5.74) is 2.58. The summed E-state index contributed by atoms with van der Waals surface area (Å²) in [5, 5.41) is 4.15. The topological polar surface area (TPSA) is 15.3 Å². The molecule has 1 atom stereocenters. The predicted molar refractivity (Wildman–Crippen MR) is 65.9 cm³/mol. The van der Waals surface area contributed by atoms with Crippen molar-refractivity contribution in [3.05, 3.63) is 28.8 Å². The number of aryl methyl sites for hydroxylation is 1. The van der Waals surface area contributed by atoms with E-state index in [9.17, 15) is 0 Å². The van der Waals surface area contributed by atoms with Gasteiger partial charge in [0.25, 0.3) is 0 Å². The first-order chi connectivity index (χ1) is 7.20. The molecule has 1 aromatic rings. The molecule has 2 rings (SSSR count). The van der Waals surface area contributed by atoms with Gasteiger partial charge < -0.3 is 10.2 Å². The summed E-state index contributed by atoms with van der Waals surface area (Å²) < 4.78 is 0. The second-order valence-electron chi connectivity index (χ2n) is 4.15. The summed E-state index contributed by atoms with van der Waals surface area (Å²) in [6, 6.07) is 6.75. The minimum atomic E-state index is 0.625. The van der Waals surface area contributed by atoms with E-state index in [2.05, 4.69) is 23.2 Å².